The van der Waals surface area contributed by atoms with Crippen molar-refractivity contribution in [3.05, 3.63) is 34.9 Å². The van der Waals surface area contributed by atoms with Crippen LogP contribution in [0.1, 0.15) is 32.7 Å². The maximum atomic E-state index is 11.4. The van der Waals surface area contributed by atoms with E-state index in [1.165, 1.54) is 0 Å². The predicted molar refractivity (Wildman–Crippen MR) is 60.5 cm³/mol. The van der Waals surface area contributed by atoms with Gasteiger partial charge in [-0.05, 0) is 18.2 Å². The highest BCUT2D eigenvalue weighted by molar-refractivity contribution is 6.21. The highest BCUT2D eigenvalue weighted by atomic mass is 35.5. The van der Waals surface area contributed by atoms with Crippen LogP contribution in [-0.2, 0) is 0 Å². The van der Waals surface area contributed by atoms with Gasteiger partial charge in [0.15, 0.2) is 0 Å². The van der Waals surface area contributed by atoms with E-state index in [9.17, 15) is 9.59 Å². The van der Waals surface area contributed by atoms with Crippen molar-refractivity contribution in [2.45, 2.75) is 6.42 Å². The number of carbonyl (C=O) groups excluding carboxylic acids is 2. The van der Waals surface area contributed by atoms with Crippen molar-refractivity contribution in [2.75, 3.05) is 5.88 Å². The molecule has 1 N–H and O–H groups in total. The van der Waals surface area contributed by atoms with E-state index in [0.29, 0.717) is 29.0 Å². The van der Waals surface area contributed by atoms with Crippen LogP contribution in [0.2, 0.25) is 0 Å². The van der Waals surface area contributed by atoms with Gasteiger partial charge < -0.3 is 0 Å². The maximum Gasteiger partial charge on any atom is 0.258 e. The van der Waals surface area contributed by atoms with Crippen molar-refractivity contribution in [3.63, 3.8) is 0 Å². The Hall–Kier alpha value is -1.79. The molecule has 80 valence electrons. The minimum atomic E-state index is -0.360. The maximum absolute atomic E-state index is 11.4. The average molecular weight is 234 g/mol. The summed E-state index contributed by atoms with van der Waals surface area (Å²) in [5, 5.41) is 2.23. The van der Waals surface area contributed by atoms with Gasteiger partial charge in [0.2, 0.25) is 0 Å². The first-order valence-corrected chi connectivity index (χ1v) is 5.30. The fourth-order valence-corrected chi connectivity index (χ4v) is 1.55. The molecule has 2 amide bonds. The molecule has 1 aromatic carbocycles. The third-order valence-corrected chi connectivity index (χ3v) is 2.38. The minimum absolute atomic E-state index is 0.347. The summed E-state index contributed by atoms with van der Waals surface area (Å²) in [6.07, 6.45) is 0.601. The molecule has 0 unspecified atom stereocenters. The number of alkyl halides is 1. The molecule has 0 spiro atoms. The second-order valence-corrected chi connectivity index (χ2v) is 3.66. The Balaban J connectivity index is 2.34. The van der Waals surface area contributed by atoms with Gasteiger partial charge in [-0.3, -0.25) is 14.9 Å². The number of halogens is 1. The monoisotopic (exact) mass is 233 g/mol. The largest absolute Gasteiger partial charge is 0.288 e. The molecular formula is C12H8ClNO2. The number of fused-ring (bicyclic) bond motifs is 1. The third kappa shape index (κ3) is 1.93. The number of nitrogens with one attached hydrogen (secondary N) is 1. The van der Waals surface area contributed by atoms with Crippen molar-refractivity contribution in [1.82, 2.24) is 5.32 Å². The first-order chi connectivity index (χ1) is 7.72. The summed E-state index contributed by atoms with van der Waals surface area (Å²) in [7, 11) is 0. The molecule has 1 aliphatic rings. The SMILES string of the molecule is O=C1NC(=O)c2cc(C#CCCCl)ccc21. The van der Waals surface area contributed by atoms with E-state index in [0.717, 1.165) is 0 Å². The number of hydrogen-bond donors (Lipinski definition) is 1. The zero-order valence-electron chi connectivity index (χ0n) is 8.34. The summed E-state index contributed by atoms with van der Waals surface area (Å²) >= 11 is 5.49. The zero-order chi connectivity index (χ0) is 11.5. The van der Waals surface area contributed by atoms with Gasteiger partial charge in [-0.1, -0.05) is 11.8 Å². The van der Waals surface area contributed by atoms with E-state index < -0.39 is 0 Å². The molecule has 4 heteroatoms. The summed E-state index contributed by atoms with van der Waals surface area (Å²) in [6.45, 7) is 0. The fourth-order valence-electron chi connectivity index (χ4n) is 1.46. The lowest BCUT2D eigenvalue weighted by molar-refractivity contribution is 0.0879. The molecule has 0 bridgehead atoms. The van der Waals surface area contributed by atoms with Crippen LogP contribution in [0, 0.1) is 11.8 Å². The molecule has 3 nitrogen and oxygen atoms in total. The van der Waals surface area contributed by atoms with Crippen LogP contribution in [0.5, 0.6) is 0 Å². The van der Waals surface area contributed by atoms with E-state index in [-0.39, 0.29) is 11.8 Å². The zero-order valence-corrected chi connectivity index (χ0v) is 9.10. The van der Waals surface area contributed by atoms with Gasteiger partial charge in [-0.15, -0.1) is 11.6 Å². The minimum Gasteiger partial charge on any atom is -0.288 e. The van der Waals surface area contributed by atoms with Gasteiger partial charge >= 0.3 is 0 Å². The van der Waals surface area contributed by atoms with Gasteiger partial charge in [0.05, 0.1) is 11.1 Å². The molecule has 0 fully saturated rings. The number of carbonyl (C=O) groups is 2. The van der Waals surface area contributed by atoms with Crippen LogP contribution in [0.4, 0.5) is 0 Å². The number of hydrogen-bond acceptors (Lipinski definition) is 2. The first kappa shape index (κ1) is 10.7. The second kappa shape index (κ2) is 4.38. The van der Waals surface area contributed by atoms with Crippen molar-refractivity contribution in [1.29, 1.82) is 0 Å². The Kier molecular flexibility index (Phi) is 2.93. The molecule has 0 radical (unpaired) electrons. The highest BCUT2D eigenvalue weighted by Crippen LogP contribution is 2.16. The summed E-state index contributed by atoms with van der Waals surface area (Å²) in [5.41, 5.74) is 1.52. The van der Waals surface area contributed by atoms with Crippen LogP contribution >= 0.6 is 11.6 Å². The topological polar surface area (TPSA) is 46.2 Å². The van der Waals surface area contributed by atoms with Gasteiger partial charge in [-0.25, -0.2) is 0 Å². The van der Waals surface area contributed by atoms with E-state index >= 15 is 0 Å². The van der Waals surface area contributed by atoms with Crippen molar-refractivity contribution in [2.24, 2.45) is 0 Å². The van der Waals surface area contributed by atoms with Gasteiger partial charge in [0.1, 0.15) is 0 Å². The van der Waals surface area contributed by atoms with E-state index in [2.05, 4.69) is 17.2 Å². The molecule has 2 rings (SSSR count). The van der Waals surface area contributed by atoms with Crippen LogP contribution < -0.4 is 5.32 Å². The molecule has 0 aliphatic carbocycles. The summed E-state index contributed by atoms with van der Waals surface area (Å²) in [6, 6.07) is 4.95. The lowest BCUT2D eigenvalue weighted by atomic mass is 10.1. The van der Waals surface area contributed by atoms with Crippen LogP contribution in [0.15, 0.2) is 18.2 Å². The van der Waals surface area contributed by atoms with Crippen molar-refractivity contribution >= 4 is 23.4 Å². The number of imide groups is 1. The van der Waals surface area contributed by atoms with Crippen LogP contribution in [0.25, 0.3) is 0 Å². The van der Waals surface area contributed by atoms with Crippen molar-refractivity contribution in [3.8, 4) is 11.8 Å². The Morgan fingerprint density at radius 3 is 2.69 bits per heavy atom. The van der Waals surface area contributed by atoms with Crippen LogP contribution in [-0.4, -0.2) is 17.7 Å². The van der Waals surface area contributed by atoms with Crippen LogP contribution in [0.3, 0.4) is 0 Å². The van der Waals surface area contributed by atoms with Gasteiger partial charge in [-0.2, -0.15) is 0 Å². The molecule has 1 aromatic rings. The molecule has 0 saturated heterocycles. The normalized spacial score (nSPS) is 12.8. The molecule has 1 heterocycles. The summed E-state index contributed by atoms with van der Waals surface area (Å²) < 4.78 is 0. The molecule has 0 saturated carbocycles. The predicted octanol–water partition coefficient (Wildman–Crippen LogP) is 1.55. The van der Waals surface area contributed by atoms with Crippen molar-refractivity contribution < 1.29 is 9.59 Å². The molecule has 0 atom stereocenters. The quantitative estimate of drug-likeness (QED) is 0.455. The smallest absolute Gasteiger partial charge is 0.258 e. The van der Waals surface area contributed by atoms with Gasteiger partial charge in [0.25, 0.3) is 11.8 Å². The number of rotatable bonds is 1. The lowest BCUT2D eigenvalue weighted by Gasteiger charge is -1.94. The number of benzene rings is 1. The van der Waals surface area contributed by atoms with E-state index in [1.54, 1.807) is 18.2 Å². The van der Waals surface area contributed by atoms with Gasteiger partial charge in [0, 0.05) is 17.9 Å². The molecule has 0 aromatic heterocycles. The molecular weight excluding hydrogens is 226 g/mol. The summed E-state index contributed by atoms with van der Waals surface area (Å²) in [4.78, 5) is 22.6. The second-order valence-electron chi connectivity index (χ2n) is 3.28. The Bertz CT molecular complexity index is 526. The molecule has 16 heavy (non-hydrogen) atoms. The lowest BCUT2D eigenvalue weighted by Crippen LogP contribution is -2.19. The van der Waals surface area contributed by atoms with E-state index in [4.69, 9.17) is 11.6 Å². The average Bonchev–Trinajstić information content (AvgIpc) is 2.55. The first-order valence-electron chi connectivity index (χ1n) is 4.77. The standard InChI is InChI=1S/C12H8ClNO2/c13-6-2-1-3-8-4-5-9-10(7-8)12(16)14-11(9)15/h4-5,7H,2,6H2,(H,14,15,16). The Morgan fingerprint density at radius 1 is 1.19 bits per heavy atom. The summed E-state index contributed by atoms with van der Waals surface area (Å²) in [5.74, 6) is 5.53. The van der Waals surface area contributed by atoms with E-state index in [1.807, 2.05) is 0 Å². The fraction of sp³-hybridized carbons (Fsp3) is 0.167. The number of amides is 2. The Labute approximate surface area is 97.8 Å². The highest BCUT2D eigenvalue weighted by Gasteiger charge is 2.26. The molecule has 1 aliphatic heterocycles. The Morgan fingerprint density at radius 2 is 1.94 bits per heavy atom. The third-order valence-electron chi connectivity index (χ3n) is 2.19.